The zero-order valence-electron chi connectivity index (χ0n) is 15.1. The minimum Gasteiger partial charge on any atom is -0.467 e. The Kier molecular flexibility index (Phi) is 5.78. The molecule has 0 spiro atoms. The van der Waals surface area contributed by atoms with Crippen LogP contribution in [0.1, 0.15) is 17.1 Å². The predicted molar refractivity (Wildman–Crippen MR) is 104 cm³/mol. The summed E-state index contributed by atoms with van der Waals surface area (Å²) in [5.41, 5.74) is 2.29. The summed E-state index contributed by atoms with van der Waals surface area (Å²) in [6, 6.07) is 14.1. The van der Waals surface area contributed by atoms with Crippen LogP contribution >= 0.6 is 0 Å². The van der Waals surface area contributed by atoms with Crippen LogP contribution in [-0.4, -0.2) is 22.0 Å². The van der Waals surface area contributed by atoms with Crippen LogP contribution in [0, 0.1) is 13.8 Å². The van der Waals surface area contributed by atoms with E-state index in [1.54, 1.807) is 30.5 Å². The maximum absolute atomic E-state index is 12.3. The number of furan rings is 1. The molecule has 8 heteroatoms. The highest BCUT2D eigenvalue weighted by molar-refractivity contribution is 6.06. The van der Waals surface area contributed by atoms with Crippen molar-refractivity contribution in [1.29, 1.82) is 0 Å². The second-order valence-electron chi connectivity index (χ2n) is 5.79. The number of aromatic nitrogens is 2. The third kappa shape index (κ3) is 5.67. The third-order valence-corrected chi connectivity index (χ3v) is 3.45. The van der Waals surface area contributed by atoms with Crippen LogP contribution < -0.4 is 16.0 Å². The second kappa shape index (κ2) is 8.61. The SMILES string of the molecule is Cc1cc(C)nc(NC(=NCc2ccco2)NC(=O)Nc2ccccc2)n1. The summed E-state index contributed by atoms with van der Waals surface area (Å²) in [6.07, 6.45) is 1.57. The Morgan fingerprint density at radius 3 is 2.44 bits per heavy atom. The zero-order valence-corrected chi connectivity index (χ0v) is 15.1. The van der Waals surface area contributed by atoms with Gasteiger partial charge in [0.05, 0.1) is 6.26 Å². The average molecular weight is 364 g/mol. The first-order chi connectivity index (χ1) is 13.1. The van der Waals surface area contributed by atoms with E-state index in [9.17, 15) is 4.79 Å². The van der Waals surface area contributed by atoms with E-state index in [2.05, 4.69) is 30.9 Å². The number of amides is 2. The van der Waals surface area contributed by atoms with Gasteiger partial charge in [0.25, 0.3) is 0 Å². The van der Waals surface area contributed by atoms with Crippen LogP contribution in [0.25, 0.3) is 0 Å². The van der Waals surface area contributed by atoms with Gasteiger partial charge in [0.1, 0.15) is 12.3 Å². The minimum atomic E-state index is -0.434. The van der Waals surface area contributed by atoms with Gasteiger partial charge in [-0.05, 0) is 44.2 Å². The van der Waals surface area contributed by atoms with Gasteiger partial charge in [0.15, 0.2) is 0 Å². The molecule has 3 aromatic rings. The standard InChI is InChI=1S/C19H20N6O2/c1-13-11-14(2)22-18(21-13)24-17(20-12-16-9-6-10-27-16)25-19(26)23-15-7-4-3-5-8-15/h3-11H,12H2,1-2H3,(H3,20,21,22,23,24,25,26). The van der Waals surface area contributed by atoms with Crippen molar-refractivity contribution in [2.24, 2.45) is 4.99 Å². The fraction of sp³-hybridized carbons (Fsp3) is 0.158. The highest BCUT2D eigenvalue weighted by Gasteiger charge is 2.09. The van der Waals surface area contributed by atoms with Crippen molar-refractivity contribution < 1.29 is 9.21 Å². The van der Waals surface area contributed by atoms with Gasteiger partial charge in [-0.3, -0.25) is 10.6 Å². The van der Waals surface area contributed by atoms with Gasteiger partial charge in [-0.2, -0.15) is 0 Å². The number of aliphatic imine (C=N–C) groups is 1. The number of carbonyl (C=O) groups is 1. The first-order valence-corrected chi connectivity index (χ1v) is 8.38. The lowest BCUT2D eigenvalue weighted by Gasteiger charge is -2.12. The Hall–Kier alpha value is -3.68. The number of hydrogen-bond donors (Lipinski definition) is 3. The van der Waals surface area contributed by atoms with Crippen LogP contribution in [0.5, 0.6) is 0 Å². The Morgan fingerprint density at radius 1 is 1.04 bits per heavy atom. The molecule has 3 N–H and O–H groups in total. The van der Waals surface area contributed by atoms with Gasteiger partial charge in [-0.15, -0.1) is 0 Å². The molecule has 0 bridgehead atoms. The Bertz CT molecular complexity index is 902. The van der Waals surface area contributed by atoms with Crippen molar-refractivity contribution in [2.75, 3.05) is 10.6 Å². The molecule has 1 aromatic carbocycles. The summed E-state index contributed by atoms with van der Waals surface area (Å²) in [4.78, 5) is 25.3. The van der Waals surface area contributed by atoms with Crippen molar-refractivity contribution in [3.05, 3.63) is 71.9 Å². The molecule has 27 heavy (non-hydrogen) atoms. The van der Waals surface area contributed by atoms with E-state index in [4.69, 9.17) is 4.42 Å². The zero-order chi connectivity index (χ0) is 19.1. The van der Waals surface area contributed by atoms with Crippen molar-refractivity contribution in [1.82, 2.24) is 15.3 Å². The van der Waals surface area contributed by atoms with E-state index >= 15 is 0 Å². The molecular formula is C19H20N6O2. The highest BCUT2D eigenvalue weighted by Crippen LogP contribution is 2.07. The fourth-order valence-electron chi connectivity index (χ4n) is 2.35. The van der Waals surface area contributed by atoms with Gasteiger partial charge < -0.3 is 9.73 Å². The average Bonchev–Trinajstić information content (AvgIpc) is 3.13. The van der Waals surface area contributed by atoms with Crippen molar-refractivity contribution in [3.63, 3.8) is 0 Å². The molecule has 0 atom stereocenters. The lowest BCUT2D eigenvalue weighted by atomic mass is 10.3. The number of rotatable bonds is 4. The summed E-state index contributed by atoms with van der Waals surface area (Å²) >= 11 is 0. The van der Waals surface area contributed by atoms with Gasteiger partial charge in [0.2, 0.25) is 11.9 Å². The van der Waals surface area contributed by atoms with Crippen molar-refractivity contribution in [2.45, 2.75) is 20.4 Å². The molecule has 0 fully saturated rings. The number of anilines is 2. The summed E-state index contributed by atoms with van der Waals surface area (Å²) in [7, 11) is 0. The maximum Gasteiger partial charge on any atom is 0.326 e. The van der Waals surface area contributed by atoms with E-state index < -0.39 is 6.03 Å². The first kappa shape index (κ1) is 18.1. The van der Waals surface area contributed by atoms with Crippen LogP contribution in [0.15, 0.2) is 64.2 Å². The quantitative estimate of drug-likeness (QED) is 0.486. The number of hydrogen-bond acceptors (Lipinski definition) is 5. The molecule has 8 nitrogen and oxygen atoms in total. The normalized spacial score (nSPS) is 11.1. The molecule has 0 aliphatic heterocycles. The molecule has 2 heterocycles. The Labute approximate surface area is 156 Å². The topological polar surface area (TPSA) is 104 Å². The number of para-hydroxylation sites is 1. The first-order valence-electron chi connectivity index (χ1n) is 8.38. The van der Waals surface area contributed by atoms with E-state index in [0.717, 1.165) is 11.4 Å². The molecular weight excluding hydrogens is 344 g/mol. The van der Waals surface area contributed by atoms with Crippen LogP contribution in [0.4, 0.5) is 16.4 Å². The molecule has 0 unspecified atom stereocenters. The van der Waals surface area contributed by atoms with Gasteiger partial charge >= 0.3 is 6.03 Å². The number of benzene rings is 1. The molecule has 0 saturated carbocycles. The number of nitrogens with zero attached hydrogens (tertiary/aromatic N) is 3. The van der Waals surface area contributed by atoms with Gasteiger partial charge in [-0.25, -0.2) is 19.8 Å². The lowest BCUT2D eigenvalue weighted by molar-refractivity contribution is 0.256. The number of guanidine groups is 1. The molecule has 0 aliphatic carbocycles. The van der Waals surface area contributed by atoms with E-state index in [1.165, 1.54) is 0 Å². The molecule has 0 aliphatic rings. The summed E-state index contributed by atoms with van der Waals surface area (Å²) < 4.78 is 5.28. The van der Waals surface area contributed by atoms with Crippen LogP contribution in [-0.2, 0) is 6.54 Å². The third-order valence-electron chi connectivity index (χ3n) is 3.45. The van der Waals surface area contributed by atoms with Gasteiger partial charge in [-0.1, -0.05) is 18.2 Å². The monoisotopic (exact) mass is 364 g/mol. The van der Waals surface area contributed by atoms with E-state index in [0.29, 0.717) is 17.4 Å². The fourth-order valence-corrected chi connectivity index (χ4v) is 2.35. The maximum atomic E-state index is 12.3. The summed E-state index contributed by atoms with van der Waals surface area (Å²) in [6.45, 7) is 4.00. The minimum absolute atomic E-state index is 0.213. The molecule has 138 valence electrons. The van der Waals surface area contributed by atoms with E-state index in [1.807, 2.05) is 38.1 Å². The largest absolute Gasteiger partial charge is 0.467 e. The second-order valence-corrected chi connectivity index (χ2v) is 5.79. The molecule has 3 rings (SSSR count). The smallest absolute Gasteiger partial charge is 0.326 e. The Morgan fingerprint density at radius 2 is 1.78 bits per heavy atom. The number of aryl methyl sites for hydroxylation is 2. The predicted octanol–water partition coefficient (Wildman–Crippen LogP) is 3.48. The summed E-state index contributed by atoms with van der Waals surface area (Å²) in [5.74, 6) is 1.23. The summed E-state index contributed by atoms with van der Waals surface area (Å²) in [5, 5.41) is 8.38. The molecule has 0 radical (unpaired) electrons. The van der Waals surface area contributed by atoms with Crippen molar-refractivity contribution >= 4 is 23.6 Å². The molecule has 2 aromatic heterocycles. The number of urea groups is 1. The van der Waals surface area contributed by atoms with Crippen LogP contribution in [0.2, 0.25) is 0 Å². The highest BCUT2D eigenvalue weighted by atomic mass is 16.3. The number of carbonyl (C=O) groups excluding carboxylic acids is 1. The Balaban J connectivity index is 1.74. The van der Waals surface area contributed by atoms with Gasteiger partial charge in [0, 0.05) is 17.1 Å². The van der Waals surface area contributed by atoms with Crippen molar-refractivity contribution in [3.8, 4) is 0 Å². The molecule has 0 saturated heterocycles. The van der Waals surface area contributed by atoms with Crippen LogP contribution in [0.3, 0.4) is 0 Å². The lowest BCUT2D eigenvalue weighted by Crippen LogP contribution is -2.39. The van der Waals surface area contributed by atoms with E-state index in [-0.39, 0.29) is 12.5 Å². The molecule has 2 amide bonds. The number of nitrogens with one attached hydrogen (secondary N) is 3.